The number of nitrogens with one attached hydrogen (secondary N) is 1. The van der Waals surface area contributed by atoms with Crippen LogP contribution >= 0.6 is 0 Å². The van der Waals surface area contributed by atoms with Crippen LogP contribution in [-0.4, -0.2) is 32.8 Å². The molecule has 1 aromatic rings. The number of guanidine groups is 1. The summed E-state index contributed by atoms with van der Waals surface area (Å²) >= 11 is 0. The van der Waals surface area contributed by atoms with E-state index in [9.17, 15) is 0 Å². The van der Waals surface area contributed by atoms with Crippen molar-refractivity contribution >= 4 is 11.6 Å². The monoisotopic (exact) mass is 279 g/mol. The van der Waals surface area contributed by atoms with Gasteiger partial charge in [-0.2, -0.15) is 0 Å². The minimum atomic E-state index is 0.390. The molecule has 1 rings (SSSR count). The first-order valence-corrected chi connectivity index (χ1v) is 6.85. The third kappa shape index (κ3) is 6.54. The third-order valence-corrected chi connectivity index (χ3v) is 2.55. The Hall–Kier alpha value is -1.59. The van der Waals surface area contributed by atoms with Crippen molar-refractivity contribution in [1.82, 2.24) is 0 Å². The summed E-state index contributed by atoms with van der Waals surface area (Å²) in [6.45, 7) is 6.66. The Bertz CT molecular complexity index is 419. The summed E-state index contributed by atoms with van der Waals surface area (Å²) in [6.07, 6.45) is 0. The zero-order valence-electron chi connectivity index (χ0n) is 12.6. The SMILES string of the molecule is COCc1ccccc1NC(N)=NCCOCC(C)C. The number of aliphatic imine (C=N–C) groups is 1. The second kappa shape index (κ2) is 9.34. The minimum Gasteiger partial charge on any atom is -0.380 e. The molecule has 0 aliphatic heterocycles. The Kier molecular flexibility index (Phi) is 7.69. The van der Waals surface area contributed by atoms with E-state index in [1.807, 2.05) is 24.3 Å². The molecule has 0 spiro atoms. The van der Waals surface area contributed by atoms with E-state index in [2.05, 4.69) is 24.2 Å². The Labute approximate surface area is 121 Å². The highest BCUT2D eigenvalue weighted by atomic mass is 16.5. The lowest BCUT2D eigenvalue weighted by Crippen LogP contribution is -2.24. The lowest BCUT2D eigenvalue weighted by atomic mass is 10.2. The number of nitrogens with two attached hydrogens (primary N) is 1. The van der Waals surface area contributed by atoms with Crippen LogP contribution in [0.1, 0.15) is 19.4 Å². The van der Waals surface area contributed by atoms with Crippen LogP contribution in [0.4, 0.5) is 5.69 Å². The predicted octanol–water partition coefficient (Wildman–Crippen LogP) is 2.23. The Balaban J connectivity index is 2.43. The Morgan fingerprint density at radius 2 is 2.10 bits per heavy atom. The van der Waals surface area contributed by atoms with E-state index in [1.165, 1.54) is 0 Å². The smallest absolute Gasteiger partial charge is 0.193 e. The van der Waals surface area contributed by atoms with Crippen molar-refractivity contribution in [1.29, 1.82) is 0 Å². The van der Waals surface area contributed by atoms with Crippen LogP contribution in [-0.2, 0) is 16.1 Å². The number of hydrogen-bond acceptors (Lipinski definition) is 3. The number of para-hydroxylation sites is 1. The number of methoxy groups -OCH3 is 1. The molecule has 0 amide bonds. The van der Waals surface area contributed by atoms with E-state index in [0.717, 1.165) is 17.9 Å². The summed E-state index contributed by atoms with van der Waals surface area (Å²) in [7, 11) is 1.67. The lowest BCUT2D eigenvalue weighted by molar-refractivity contribution is 0.117. The van der Waals surface area contributed by atoms with Crippen LogP contribution in [0.2, 0.25) is 0 Å². The maximum Gasteiger partial charge on any atom is 0.193 e. The third-order valence-electron chi connectivity index (χ3n) is 2.55. The standard InChI is InChI=1S/C15H25N3O2/c1-12(2)10-20-9-8-17-15(16)18-14-7-5-4-6-13(14)11-19-3/h4-7,12H,8-11H2,1-3H3,(H3,16,17,18). The van der Waals surface area contributed by atoms with Crippen molar-refractivity contribution in [2.45, 2.75) is 20.5 Å². The summed E-state index contributed by atoms with van der Waals surface area (Å²) in [5.41, 5.74) is 7.82. The number of nitrogens with zero attached hydrogens (tertiary/aromatic N) is 1. The molecule has 3 N–H and O–H groups in total. The number of anilines is 1. The van der Waals surface area contributed by atoms with Crippen LogP contribution in [0.15, 0.2) is 29.3 Å². The molecule has 1 aromatic carbocycles. The Morgan fingerprint density at radius 1 is 1.35 bits per heavy atom. The van der Waals surface area contributed by atoms with E-state index < -0.39 is 0 Å². The summed E-state index contributed by atoms with van der Waals surface area (Å²) in [5, 5.41) is 3.09. The van der Waals surface area contributed by atoms with E-state index >= 15 is 0 Å². The lowest BCUT2D eigenvalue weighted by Gasteiger charge is -2.11. The van der Waals surface area contributed by atoms with Gasteiger partial charge in [0.2, 0.25) is 0 Å². The fourth-order valence-corrected chi connectivity index (χ4v) is 1.65. The maximum atomic E-state index is 5.86. The van der Waals surface area contributed by atoms with Gasteiger partial charge >= 0.3 is 0 Å². The fourth-order valence-electron chi connectivity index (χ4n) is 1.65. The van der Waals surface area contributed by atoms with E-state index in [4.69, 9.17) is 15.2 Å². The van der Waals surface area contributed by atoms with Crippen molar-refractivity contribution in [3.63, 3.8) is 0 Å². The average molecular weight is 279 g/mol. The zero-order chi connectivity index (χ0) is 14.8. The molecule has 0 aliphatic rings. The average Bonchev–Trinajstić information content (AvgIpc) is 2.40. The number of benzene rings is 1. The first-order chi connectivity index (χ1) is 9.63. The minimum absolute atomic E-state index is 0.390. The Morgan fingerprint density at radius 3 is 2.80 bits per heavy atom. The number of rotatable bonds is 8. The second-order valence-corrected chi connectivity index (χ2v) is 4.95. The highest BCUT2D eigenvalue weighted by Crippen LogP contribution is 2.15. The number of hydrogen-bond donors (Lipinski definition) is 2. The first-order valence-electron chi connectivity index (χ1n) is 6.85. The normalized spacial score (nSPS) is 11.9. The predicted molar refractivity (Wildman–Crippen MR) is 82.9 cm³/mol. The van der Waals surface area contributed by atoms with Gasteiger partial charge in [0.15, 0.2) is 5.96 Å². The van der Waals surface area contributed by atoms with E-state index in [0.29, 0.717) is 31.6 Å². The molecular formula is C15H25N3O2. The molecule has 112 valence electrons. The van der Waals surface area contributed by atoms with Crippen LogP contribution in [0.25, 0.3) is 0 Å². The van der Waals surface area contributed by atoms with E-state index in [1.54, 1.807) is 7.11 Å². The van der Waals surface area contributed by atoms with Gasteiger partial charge in [0, 0.05) is 25.0 Å². The first kappa shape index (κ1) is 16.5. The molecule has 0 heterocycles. The summed E-state index contributed by atoms with van der Waals surface area (Å²) in [5.74, 6) is 0.928. The van der Waals surface area contributed by atoms with Gasteiger partial charge in [0.1, 0.15) is 0 Å². The molecule has 0 bridgehead atoms. The number of ether oxygens (including phenoxy) is 2. The second-order valence-electron chi connectivity index (χ2n) is 4.95. The maximum absolute atomic E-state index is 5.86. The molecule has 0 aliphatic carbocycles. The van der Waals surface area contributed by atoms with Crippen molar-refractivity contribution in [3.05, 3.63) is 29.8 Å². The van der Waals surface area contributed by atoms with Crippen LogP contribution in [0, 0.1) is 5.92 Å². The highest BCUT2D eigenvalue weighted by Gasteiger charge is 2.02. The van der Waals surface area contributed by atoms with Gasteiger partial charge in [-0.15, -0.1) is 0 Å². The van der Waals surface area contributed by atoms with Gasteiger partial charge in [-0.1, -0.05) is 32.0 Å². The summed E-state index contributed by atoms with van der Waals surface area (Å²) < 4.78 is 10.6. The summed E-state index contributed by atoms with van der Waals surface area (Å²) in [4.78, 5) is 4.24. The molecule has 0 fully saturated rings. The van der Waals surface area contributed by atoms with Gasteiger partial charge < -0.3 is 20.5 Å². The van der Waals surface area contributed by atoms with Crippen molar-refractivity contribution in [3.8, 4) is 0 Å². The molecule has 0 saturated carbocycles. The molecule has 20 heavy (non-hydrogen) atoms. The van der Waals surface area contributed by atoms with Crippen LogP contribution < -0.4 is 11.1 Å². The van der Waals surface area contributed by atoms with Crippen LogP contribution in [0.5, 0.6) is 0 Å². The molecule has 5 heteroatoms. The molecule has 0 unspecified atom stereocenters. The summed E-state index contributed by atoms with van der Waals surface area (Å²) in [6, 6.07) is 7.85. The molecule has 0 aromatic heterocycles. The van der Waals surface area contributed by atoms with Gasteiger partial charge in [-0.3, -0.25) is 4.99 Å². The molecule has 0 saturated heterocycles. The highest BCUT2D eigenvalue weighted by molar-refractivity contribution is 5.92. The molecule has 0 radical (unpaired) electrons. The largest absolute Gasteiger partial charge is 0.380 e. The van der Waals surface area contributed by atoms with Gasteiger partial charge in [-0.25, -0.2) is 0 Å². The topological polar surface area (TPSA) is 68.9 Å². The van der Waals surface area contributed by atoms with Gasteiger partial charge in [0.05, 0.1) is 19.8 Å². The van der Waals surface area contributed by atoms with Crippen molar-refractivity contribution in [2.75, 3.05) is 32.2 Å². The molecular weight excluding hydrogens is 254 g/mol. The molecule has 0 atom stereocenters. The zero-order valence-corrected chi connectivity index (χ0v) is 12.6. The quantitative estimate of drug-likeness (QED) is 0.435. The van der Waals surface area contributed by atoms with E-state index in [-0.39, 0.29) is 0 Å². The van der Waals surface area contributed by atoms with Gasteiger partial charge in [0.25, 0.3) is 0 Å². The van der Waals surface area contributed by atoms with Crippen LogP contribution in [0.3, 0.4) is 0 Å². The fraction of sp³-hybridized carbons (Fsp3) is 0.533. The van der Waals surface area contributed by atoms with Crippen molar-refractivity contribution in [2.24, 2.45) is 16.6 Å². The molecule has 5 nitrogen and oxygen atoms in total. The van der Waals surface area contributed by atoms with Crippen molar-refractivity contribution < 1.29 is 9.47 Å². The van der Waals surface area contributed by atoms with Gasteiger partial charge in [-0.05, 0) is 12.0 Å².